The van der Waals surface area contributed by atoms with Crippen molar-refractivity contribution in [3.63, 3.8) is 0 Å². The first-order chi connectivity index (χ1) is 11.6. The van der Waals surface area contributed by atoms with E-state index in [0.29, 0.717) is 12.5 Å². The second kappa shape index (κ2) is 7.72. The highest BCUT2D eigenvalue weighted by atomic mass is 16.3. The zero-order valence-corrected chi connectivity index (χ0v) is 14.4. The van der Waals surface area contributed by atoms with Crippen molar-refractivity contribution in [2.45, 2.75) is 39.3 Å². The van der Waals surface area contributed by atoms with Crippen molar-refractivity contribution in [1.29, 1.82) is 0 Å². The number of rotatable bonds is 7. The third kappa shape index (κ3) is 4.30. The van der Waals surface area contributed by atoms with E-state index in [4.69, 9.17) is 0 Å². The highest BCUT2D eigenvalue weighted by Gasteiger charge is 2.31. The van der Waals surface area contributed by atoms with Crippen LogP contribution in [0, 0.1) is 12.8 Å². The zero-order chi connectivity index (χ0) is 16.9. The summed E-state index contributed by atoms with van der Waals surface area (Å²) in [4.78, 5) is 10.9. The van der Waals surface area contributed by atoms with Gasteiger partial charge < -0.3 is 10.4 Å². The van der Waals surface area contributed by atoms with Gasteiger partial charge in [-0.3, -0.25) is 10.00 Å². The molecule has 0 unspecified atom stereocenters. The molecule has 3 N–H and O–H groups in total. The molecule has 1 aliphatic rings. The van der Waals surface area contributed by atoms with Gasteiger partial charge in [0.15, 0.2) is 0 Å². The molecule has 1 fully saturated rings. The van der Waals surface area contributed by atoms with Gasteiger partial charge in [-0.15, -0.1) is 0 Å². The first-order valence-corrected chi connectivity index (χ1v) is 8.60. The van der Waals surface area contributed by atoms with Crippen LogP contribution in [0.5, 0.6) is 0 Å². The SMILES string of the molecule is CCCNc1ncc(CN2C[C@@H](Cc3cc(C)[nH]n3)[C@H](O)C2)cn1. The fourth-order valence-corrected chi connectivity index (χ4v) is 3.14. The molecule has 0 bridgehead atoms. The summed E-state index contributed by atoms with van der Waals surface area (Å²) >= 11 is 0. The lowest BCUT2D eigenvalue weighted by atomic mass is 10.0. The largest absolute Gasteiger partial charge is 0.391 e. The van der Waals surface area contributed by atoms with E-state index in [1.54, 1.807) is 0 Å². The summed E-state index contributed by atoms with van der Waals surface area (Å²) in [7, 11) is 0. The van der Waals surface area contributed by atoms with Crippen LogP contribution in [0.25, 0.3) is 0 Å². The highest BCUT2D eigenvalue weighted by Crippen LogP contribution is 2.22. The normalized spacial score (nSPS) is 21.3. The molecular weight excluding hydrogens is 304 g/mol. The summed E-state index contributed by atoms with van der Waals surface area (Å²) in [5.74, 6) is 0.896. The minimum absolute atomic E-state index is 0.221. The monoisotopic (exact) mass is 330 g/mol. The zero-order valence-electron chi connectivity index (χ0n) is 14.4. The minimum atomic E-state index is -0.312. The maximum atomic E-state index is 10.3. The van der Waals surface area contributed by atoms with Crippen LogP contribution in [0.15, 0.2) is 18.5 Å². The molecule has 7 heteroatoms. The van der Waals surface area contributed by atoms with Crippen LogP contribution in [0.3, 0.4) is 0 Å². The number of anilines is 1. The summed E-state index contributed by atoms with van der Waals surface area (Å²) in [5, 5.41) is 20.7. The number of aromatic amines is 1. The highest BCUT2D eigenvalue weighted by molar-refractivity contribution is 5.24. The third-order valence-corrected chi connectivity index (χ3v) is 4.36. The molecule has 0 saturated carbocycles. The van der Waals surface area contributed by atoms with Gasteiger partial charge in [-0.1, -0.05) is 6.92 Å². The van der Waals surface area contributed by atoms with Gasteiger partial charge in [-0.2, -0.15) is 5.10 Å². The van der Waals surface area contributed by atoms with Gasteiger partial charge in [0, 0.05) is 55.7 Å². The van der Waals surface area contributed by atoms with E-state index in [9.17, 15) is 5.11 Å². The molecule has 3 heterocycles. The van der Waals surface area contributed by atoms with Gasteiger partial charge in [0.05, 0.1) is 11.8 Å². The topological polar surface area (TPSA) is 90.0 Å². The molecule has 0 aliphatic carbocycles. The van der Waals surface area contributed by atoms with Crippen molar-refractivity contribution in [3.8, 4) is 0 Å². The molecule has 3 rings (SSSR count). The van der Waals surface area contributed by atoms with Crippen molar-refractivity contribution < 1.29 is 5.11 Å². The van der Waals surface area contributed by atoms with E-state index in [0.717, 1.165) is 49.4 Å². The summed E-state index contributed by atoms with van der Waals surface area (Å²) in [6.07, 6.45) is 5.27. The number of β-amino-alcohol motifs (C(OH)–C–C–N with tert-alkyl or cyclic N) is 1. The Morgan fingerprint density at radius 2 is 2.12 bits per heavy atom. The van der Waals surface area contributed by atoms with Crippen molar-refractivity contribution in [2.24, 2.45) is 5.92 Å². The molecule has 0 aromatic carbocycles. The van der Waals surface area contributed by atoms with Crippen LogP contribution < -0.4 is 5.32 Å². The van der Waals surface area contributed by atoms with E-state index in [2.05, 4.69) is 37.3 Å². The van der Waals surface area contributed by atoms with E-state index >= 15 is 0 Å². The molecule has 130 valence electrons. The summed E-state index contributed by atoms with van der Waals surface area (Å²) in [5.41, 5.74) is 3.15. The van der Waals surface area contributed by atoms with Crippen molar-refractivity contribution in [3.05, 3.63) is 35.4 Å². The third-order valence-electron chi connectivity index (χ3n) is 4.36. The number of aliphatic hydroxyl groups is 1. The van der Waals surface area contributed by atoms with E-state index in [1.165, 1.54) is 0 Å². The average Bonchev–Trinajstić information content (AvgIpc) is 3.13. The Labute approximate surface area is 142 Å². The second-order valence-electron chi connectivity index (χ2n) is 6.61. The number of aromatic nitrogens is 4. The van der Waals surface area contributed by atoms with Gasteiger partial charge in [0.25, 0.3) is 0 Å². The Balaban J connectivity index is 1.53. The summed E-state index contributed by atoms with van der Waals surface area (Å²) in [6, 6.07) is 2.05. The number of aryl methyl sites for hydroxylation is 1. The summed E-state index contributed by atoms with van der Waals surface area (Å²) in [6.45, 7) is 7.30. The quantitative estimate of drug-likeness (QED) is 0.710. The van der Waals surface area contributed by atoms with Gasteiger partial charge in [0.1, 0.15) is 0 Å². The number of H-pyrrole nitrogens is 1. The Hall–Kier alpha value is -1.99. The number of hydrogen-bond acceptors (Lipinski definition) is 6. The smallest absolute Gasteiger partial charge is 0.222 e. The molecule has 2 aromatic rings. The van der Waals surface area contributed by atoms with Crippen molar-refractivity contribution >= 4 is 5.95 Å². The fraction of sp³-hybridized carbons (Fsp3) is 0.588. The summed E-state index contributed by atoms with van der Waals surface area (Å²) < 4.78 is 0. The molecular formula is C17H26N6O. The van der Waals surface area contributed by atoms with Gasteiger partial charge in [-0.05, 0) is 25.8 Å². The van der Waals surface area contributed by atoms with E-state index in [-0.39, 0.29) is 12.0 Å². The average molecular weight is 330 g/mol. The van der Waals surface area contributed by atoms with Crippen LogP contribution in [0.2, 0.25) is 0 Å². The molecule has 24 heavy (non-hydrogen) atoms. The first-order valence-electron chi connectivity index (χ1n) is 8.60. The predicted molar refractivity (Wildman–Crippen MR) is 92.6 cm³/mol. The molecule has 1 aliphatic heterocycles. The standard InChI is InChI=1S/C17H26N6O/c1-3-4-18-17-19-7-13(8-20-17)9-23-10-14(16(24)11-23)6-15-5-12(2)21-22-15/h5,7-8,14,16,24H,3-4,6,9-11H2,1-2H3,(H,21,22)(H,18,19,20)/t14-,16-/m1/s1. The number of nitrogens with zero attached hydrogens (tertiary/aromatic N) is 4. The fourth-order valence-electron chi connectivity index (χ4n) is 3.14. The lowest BCUT2D eigenvalue weighted by molar-refractivity contribution is 0.140. The number of hydrogen-bond donors (Lipinski definition) is 3. The van der Waals surface area contributed by atoms with Gasteiger partial charge in [0.2, 0.25) is 5.95 Å². The number of nitrogens with one attached hydrogen (secondary N) is 2. The Bertz CT molecular complexity index is 641. The van der Waals surface area contributed by atoms with Crippen LogP contribution in [0.1, 0.15) is 30.3 Å². The Morgan fingerprint density at radius 1 is 1.33 bits per heavy atom. The maximum absolute atomic E-state index is 10.3. The second-order valence-corrected chi connectivity index (χ2v) is 6.61. The molecule has 7 nitrogen and oxygen atoms in total. The van der Waals surface area contributed by atoms with Crippen LogP contribution in [-0.4, -0.2) is 55.9 Å². The lowest BCUT2D eigenvalue weighted by Gasteiger charge is -2.15. The van der Waals surface area contributed by atoms with Crippen LogP contribution >= 0.6 is 0 Å². The predicted octanol–water partition coefficient (Wildman–Crippen LogP) is 1.37. The number of likely N-dealkylation sites (tertiary alicyclic amines) is 1. The van der Waals surface area contributed by atoms with Crippen LogP contribution in [0.4, 0.5) is 5.95 Å². The Morgan fingerprint density at radius 3 is 2.79 bits per heavy atom. The van der Waals surface area contributed by atoms with Crippen molar-refractivity contribution in [1.82, 2.24) is 25.1 Å². The molecule has 0 radical (unpaired) electrons. The van der Waals surface area contributed by atoms with Crippen LogP contribution in [-0.2, 0) is 13.0 Å². The maximum Gasteiger partial charge on any atom is 0.222 e. The van der Waals surface area contributed by atoms with Crippen molar-refractivity contribution in [2.75, 3.05) is 25.0 Å². The van der Waals surface area contributed by atoms with Gasteiger partial charge >= 0.3 is 0 Å². The molecule has 1 saturated heterocycles. The first kappa shape index (κ1) is 16.9. The Kier molecular flexibility index (Phi) is 5.42. The van der Waals surface area contributed by atoms with E-state index in [1.807, 2.05) is 25.4 Å². The molecule has 0 spiro atoms. The molecule has 2 aromatic heterocycles. The lowest BCUT2D eigenvalue weighted by Crippen LogP contribution is -2.21. The van der Waals surface area contributed by atoms with Gasteiger partial charge in [-0.25, -0.2) is 9.97 Å². The number of aliphatic hydroxyl groups excluding tert-OH is 1. The minimum Gasteiger partial charge on any atom is -0.391 e. The molecule has 0 amide bonds. The molecule has 2 atom stereocenters. The van der Waals surface area contributed by atoms with E-state index < -0.39 is 0 Å².